The molecule has 1 fully saturated rings. The van der Waals surface area contributed by atoms with E-state index in [4.69, 9.17) is 0 Å². The van der Waals surface area contributed by atoms with Crippen LogP contribution in [0.1, 0.15) is 157 Å². The van der Waals surface area contributed by atoms with Crippen LogP contribution in [0.2, 0.25) is 8.26 Å². The minimum absolute atomic E-state index is 0. The Morgan fingerprint density at radius 2 is 0.891 bits per heavy atom. The van der Waals surface area contributed by atoms with E-state index in [1.54, 1.807) is 44.5 Å². The summed E-state index contributed by atoms with van der Waals surface area (Å²) in [7, 11) is 0. The van der Waals surface area contributed by atoms with Gasteiger partial charge in [0.1, 0.15) is 0 Å². The third-order valence-electron chi connectivity index (χ3n) is 13.6. The summed E-state index contributed by atoms with van der Waals surface area (Å²) in [6.07, 6.45) is 13.1. The fraction of sp³-hybridized carbons (Fsp3) is 0.462. The summed E-state index contributed by atoms with van der Waals surface area (Å²) < 4.78 is 4.38. The zero-order chi connectivity index (χ0) is 38.0. The molecular weight excluding hydrogens is 787 g/mol. The van der Waals surface area contributed by atoms with Crippen molar-refractivity contribution in [1.29, 1.82) is 0 Å². The molecule has 0 aromatic heterocycles. The fourth-order valence-electron chi connectivity index (χ4n) is 10.1. The van der Waals surface area contributed by atoms with Crippen molar-refractivity contribution >= 4 is 12.2 Å². The average molecular weight is 853 g/mol. The first kappa shape index (κ1) is 43.9. The third-order valence-corrected chi connectivity index (χ3v) is 26.6. The molecule has 0 N–H and O–H groups in total. The molecule has 0 saturated carbocycles. The number of benzene rings is 4. The summed E-state index contributed by atoms with van der Waals surface area (Å²) in [5.41, 5.74) is 25.1. The molecule has 3 aliphatic rings. The fourth-order valence-corrected chi connectivity index (χ4v) is 28.0. The van der Waals surface area contributed by atoms with Crippen LogP contribution in [-0.2, 0) is 31.1 Å². The molecule has 4 aromatic carbocycles. The van der Waals surface area contributed by atoms with Crippen molar-refractivity contribution in [2.75, 3.05) is 0 Å². The van der Waals surface area contributed by atoms with Crippen LogP contribution in [0.25, 0.3) is 34.4 Å². The monoisotopic (exact) mass is 850 g/mol. The van der Waals surface area contributed by atoms with Crippen molar-refractivity contribution in [3.63, 3.8) is 0 Å². The molecular formula is C52H66Cl2Zr. The van der Waals surface area contributed by atoms with Gasteiger partial charge in [-0.05, 0) is 0 Å². The van der Waals surface area contributed by atoms with E-state index < -0.39 is 20.3 Å². The number of unbranched alkanes of at least 4 members (excludes halogenated alkanes) is 2. The van der Waals surface area contributed by atoms with Gasteiger partial charge in [-0.3, -0.25) is 0 Å². The van der Waals surface area contributed by atoms with Gasteiger partial charge in [0.05, 0.1) is 0 Å². The molecule has 2 aliphatic carbocycles. The Hall–Kier alpha value is -2.18. The standard InChI is InChI=1S/2C25H31.C2H4.2ClH.Zr/c2*1-7-8-9-19-15-22-18(3)17(2)14-23(24(22)16-19)20-10-12-21(13-11-20)25(4,5)6;1-2;;;/h2*10-16H,7-9H2,1-6H3;1-2H2;2*1H;/q;;;;;+2/p-2. The maximum Gasteiger partial charge on any atom is -1.00 e. The van der Waals surface area contributed by atoms with E-state index in [0.29, 0.717) is 7.25 Å². The molecule has 2 unspecified atom stereocenters. The Bertz CT molecular complexity index is 1940. The van der Waals surface area contributed by atoms with Crippen LogP contribution in [0.4, 0.5) is 0 Å². The van der Waals surface area contributed by atoms with Crippen molar-refractivity contribution in [3.05, 3.63) is 127 Å². The topological polar surface area (TPSA) is 0 Å². The first-order chi connectivity index (χ1) is 25.1. The quantitative estimate of drug-likeness (QED) is 0.149. The van der Waals surface area contributed by atoms with Crippen LogP contribution in [0.15, 0.2) is 71.8 Å². The minimum Gasteiger partial charge on any atom is -1.00 e. The second-order valence-electron chi connectivity index (χ2n) is 19.3. The summed E-state index contributed by atoms with van der Waals surface area (Å²) in [6, 6.07) is 24.2. The molecule has 0 radical (unpaired) electrons. The predicted octanol–water partition coefficient (Wildman–Crippen LogP) is 9.82. The molecule has 1 saturated heterocycles. The van der Waals surface area contributed by atoms with Gasteiger partial charge in [-0.1, -0.05) is 0 Å². The van der Waals surface area contributed by atoms with Gasteiger partial charge in [-0.15, -0.1) is 0 Å². The zero-order valence-electron chi connectivity index (χ0n) is 36.0. The van der Waals surface area contributed by atoms with Crippen LogP contribution in [-0.4, -0.2) is 0 Å². The number of hydrogen-bond donors (Lipinski definition) is 0. The van der Waals surface area contributed by atoms with Crippen molar-refractivity contribution in [2.24, 2.45) is 0 Å². The first-order valence-electron chi connectivity index (χ1n) is 21.0. The third kappa shape index (κ3) is 8.00. The SMILES string of the molecule is CCCCC1=Cc2c(-c3ccc(C(C)(C)C)cc3)cc(C)c(C)c2[CH]1[Zr+2]1([CH]2C(CCCC)=Cc3c(-c4ccc(C(C)(C)C)cc4)cc(C)c(C)c32)[CH2][CH2]1.[Cl-].[Cl-]. The van der Waals surface area contributed by atoms with Crippen LogP contribution in [0, 0.1) is 27.7 Å². The summed E-state index contributed by atoms with van der Waals surface area (Å²) in [5.74, 6) is 0. The molecule has 0 spiro atoms. The normalized spacial score (nSPS) is 17.6. The molecule has 1 heterocycles. The van der Waals surface area contributed by atoms with Crippen LogP contribution in [0.5, 0.6) is 0 Å². The second kappa shape index (κ2) is 16.6. The largest absolute Gasteiger partial charge is 1.00 e. The van der Waals surface area contributed by atoms with Crippen LogP contribution in [0.3, 0.4) is 0 Å². The number of fused-ring (bicyclic) bond motifs is 2. The van der Waals surface area contributed by atoms with Gasteiger partial charge in [0, 0.05) is 0 Å². The maximum atomic E-state index is 2.74. The van der Waals surface area contributed by atoms with E-state index in [1.165, 1.54) is 91.3 Å². The molecule has 0 bridgehead atoms. The number of halogens is 2. The molecule has 0 nitrogen and oxygen atoms in total. The Kier molecular flexibility index (Phi) is 13.3. The van der Waals surface area contributed by atoms with Gasteiger partial charge in [0.15, 0.2) is 0 Å². The van der Waals surface area contributed by atoms with Gasteiger partial charge in [0.25, 0.3) is 0 Å². The maximum absolute atomic E-state index is 2.95. The van der Waals surface area contributed by atoms with Crippen molar-refractivity contribution in [2.45, 2.75) is 148 Å². The second-order valence-corrected chi connectivity index (χ2v) is 30.6. The molecule has 55 heavy (non-hydrogen) atoms. The van der Waals surface area contributed by atoms with Crippen LogP contribution < -0.4 is 24.8 Å². The van der Waals surface area contributed by atoms with Crippen molar-refractivity contribution in [3.8, 4) is 22.3 Å². The van der Waals surface area contributed by atoms with Gasteiger partial charge in [-0.25, -0.2) is 0 Å². The van der Waals surface area contributed by atoms with E-state index in [0.717, 1.165) is 0 Å². The Morgan fingerprint density at radius 1 is 0.545 bits per heavy atom. The van der Waals surface area contributed by atoms with Gasteiger partial charge < -0.3 is 24.8 Å². The van der Waals surface area contributed by atoms with Crippen molar-refractivity contribution in [1.82, 2.24) is 0 Å². The molecule has 3 heteroatoms. The van der Waals surface area contributed by atoms with Crippen molar-refractivity contribution < 1.29 is 45.1 Å². The van der Waals surface area contributed by atoms with Crippen LogP contribution >= 0.6 is 0 Å². The Labute approximate surface area is 352 Å². The van der Waals surface area contributed by atoms with Gasteiger partial charge in [-0.2, -0.15) is 0 Å². The Balaban J connectivity index is 0.00000290. The molecule has 0 amide bonds. The zero-order valence-corrected chi connectivity index (χ0v) is 40.0. The molecule has 2 atom stereocenters. The first-order valence-corrected chi connectivity index (χ1v) is 27.3. The van der Waals surface area contributed by atoms with E-state index in [-0.39, 0.29) is 35.6 Å². The van der Waals surface area contributed by atoms with E-state index in [9.17, 15) is 0 Å². The molecule has 1 aliphatic heterocycles. The molecule has 4 aromatic rings. The summed E-state index contributed by atoms with van der Waals surface area (Å²) in [4.78, 5) is 0. The predicted molar refractivity (Wildman–Crippen MR) is 230 cm³/mol. The number of aryl methyl sites for hydroxylation is 2. The van der Waals surface area contributed by atoms with E-state index in [1.807, 2.05) is 0 Å². The van der Waals surface area contributed by atoms with E-state index >= 15 is 0 Å². The van der Waals surface area contributed by atoms with Gasteiger partial charge in [0.2, 0.25) is 0 Å². The summed E-state index contributed by atoms with van der Waals surface area (Å²) >= 11 is -2.95. The number of allylic oxidation sites excluding steroid dienone is 2. The Morgan fingerprint density at radius 3 is 1.18 bits per heavy atom. The number of hydrogen-bond acceptors (Lipinski definition) is 0. The van der Waals surface area contributed by atoms with E-state index in [2.05, 4.69) is 156 Å². The average Bonchev–Trinajstić information content (AvgIpc) is 3.66. The number of rotatable bonds is 10. The molecule has 292 valence electrons. The summed E-state index contributed by atoms with van der Waals surface area (Å²) in [6.45, 7) is 28.4. The summed E-state index contributed by atoms with van der Waals surface area (Å²) in [5, 5.41) is 0. The minimum atomic E-state index is -2.95. The van der Waals surface area contributed by atoms with Gasteiger partial charge >= 0.3 is 330 Å². The smallest absolute Gasteiger partial charge is 1.00 e. The molecule has 7 rings (SSSR count).